The molecule has 0 aliphatic heterocycles. The lowest BCUT2D eigenvalue weighted by Crippen LogP contribution is -2.41. The largest absolute Gasteiger partial charge is 0.497 e. The van der Waals surface area contributed by atoms with Crippen molar-refractivity contribution in [3.8, 4) is 5.75 Å². The van der Waals surface area contributed by atoms with Crippen molar-refractivity contribution in [2.75, 3.05) is 13.7 Å². The summed E-state index contributed by atoms with van der Waals surface area (Å²) in [5.74, 6) is 1.08. The molecule has 5 heteroatoms. The molecule has 0 fully saturated rings. The molecule has 1 aromatic carbocycles. The number of methoxy groups -OCH3 is 1. The standard InChI is InChI=1S/C21H35BrO3Si/c1-16(17(2)22)20(13-14-25-26(7,8)21(3,4)5)24-15-18-9-11-19(23-6)12-10-18/h9-12,16,20H,2,13-15H2,1,3-8H3/t16-,20+/m1/s1. The molecule has 0 aromatic heterocycles. The van der Waals surface area contributed by atoms with E-state index in [0.717, 1.165) is 22.2 Å². The van der Waals surface area contributed by atoms with E-state index >= 15 is 0 Å². The molecule has 0 unspecified atom stereocenters. The second-order valence-corrected chi connectivity index (χ2v) is 14.2. The van der Waals surface area contributed by atoms with Crippen LogP contribution in [0.5, 0.6) is 5.75 Å². The van der Waals surface area contributed by atoms with Gasteiger partial charge in [-0.05, 0) is 46.7 Å². The summed E-state index contributed by atoms with van der Waals surface area (Å²) in [6.45, 7) is 18.8. The molecular formula is C21H35BrO3Si. The lowest BCUT2D eigenvalue weighted by atomic mass is 10.0. The molecule has 0 saturated carbocycles. The first kappa shape index (κ1) is 23.4. The monoisotopic (exact) mass is 442 g/mol. The summed E-state index contributed by atoms with van der Waals surface area (Å²) in [5.41, 5.74) is 1.13. The Kier molecular flexibility index (Phi) is 9.07. The van der Waals surface area contributed by atoms with E-state index in [1.165, 1.54) is 0 Å². The molecule has 0 radical (unpaired) electrons. The molecular weight excluding hydrogens is 408 g/mol. The summed E-state index contributed by atoms with van der Waals surface area (Å²) in [7, 11) is -0.0609. The average molecular weight is 443 g/mol. The van der Waals surface area contributed by atoms with Gasteiger partial charge in [0, 0.05) is 12.5 Å². The predicted octanol–water partition coefficient (Wildman–Crippen LogP) is 6.54. The smallest absolute Gasteiger partial charge is 0.191 e. The maximum Gasteiger partial charge on any atom is 0.191 e. The maximum atomic E-state index is 6.33. The van der Waals surface area contributed by atoms with Gasteiger partial charge in [0.1, 0.15) is 5.75 Å². The van der Waals surface area contributed by atoms with Crippen LogP contribution < -0.4 is 4.74 Å². The van der Waals surface area contributed by atoms with Crippen LogP contribution in [0.2, 0.25) is 18.1 Å². The number of hydrogen-bond donors (Lipinski definition) is 0. The van der Waals surface area contributed by atoms with Crippen LogP contribution in [-0.4, -0.2) is 28.1 Å². The van der Waals surface area contributed by atoms with Crippen LogP contribution in [-0.2, 0) is 15.8 Å². The zero-order valence-corrected chi connectivity index (χ0v) is 20.0. The molecule has 148 valence electrons. The van der Waals surface area contributed by atoms with Gasteiger partial charge in [-0.15, -0.1) is 0 Å². The van der Waals surface area contributed by atoms with Crippen molar-refractivity contribution in [1.29, 1.82) is 0 Å². The second kappa shape index (κ2) is 10.1. The first-order valence-electron chi connectivity index (χ1n) is 9.20. The third-order valence-electron chi connectivity index (χ3n) is 5.35. The minimum absolute atomic E-state index is 0.0637. The molecule has 3 nitrogen and oxygen atoms in total. The Hall–Kier alpha value is -0.623. The highest BCUT2D eigenvalue weighted by molar-refractivity contribution is 9.11. The molecule has 0 aliphatic carbocycles. The van der Waals surface area contributed by atoms with E-state index in [4.69, 9.17) is 13.9 Å². The fourth-order valence-electron chi connectivity index (χ4n) is 2.25. The summed E-state index contributed by atoms with van der Waals surface area (Å²) in [5, 5.41) is 0.219. The predicted molar refractivity (Wildman–Crippen MR) is 117 cm³/mol. The van der Waals surface area contributed by atoms with Crippen LogP contribution in [0.15, 0.2) is 35.3 Å². The molecule has 0 heterocycles. The average Bonchev–Trinajstić information content (AvgIpc) is 2.56. The fraction of sp³-hybridized carbons (Fsp3) is 0.619. The van der Waals surface area contributed by atoms with Gasteiger partial charge < -0.3 is 13.9 Å². The zero-order chi connectivity index (χ0) is 20.0. The Morgan fingerprint density at radius 3 is 2.23 bits per heavy atom. The van der Waals surface area contributed by atoms with E-state index in [-0.39, 0.29) is 17.1 Å². The van der Waals surface area contributed by atoms with Crippen LogP contribution in [0.3, 0.4) is 0 Å². The third kappa shape index (κ3) is 7.18. The Bertz CT molecular complexity index is 564. The van der Waals surface area contributed by atoms with Crippen molar-refractivity contribution in [2.24, 2.45) is 5.92 Å². The summed E-state index contributed by atoms with van der Waals surface area (Å²) in [4.78, 5) is 0. The lowest BCUT2D eigenvalue weighted by molar-refractivity contribution is 0.00319. The molecule has 0 saturated heterocycles. The normalized spacial score (nSPS) is 14.8. The maximum absolute atomic E-state index is 6.33. The van der Waals surface area contributed by atoms with Crippen LogP contribution in [0.25, 0.3) is 0 Å². The van der Waals surface area contributed by atoms with Gasteiger partial charge in [0.15, 0.2) is 8.32 Å². The van der Waals surface area contributed by atoms with Gasteiger partial charge in [-0.1, -0.05) is 62.3 Å². The molecule has 0 spiro atoms. The summed E-state index contributed by atoms with van der Waals surface area (Å²) in [6.07, 6.45) is 0.919. The summed E-state index contributed by atoms with van der Waals surface area (Å²) < 4.78 is 18.7. The highest BCUT2D eigenvalue weighted by Crippen LogP contribution is 2.37. The Balaban J connectivity index is 2.65. The number of rotatable bonds is 10. The van der Waals surface area contributed by atoms with Gasteiger partial charge in [-0.25, -0.2) is 0 Å². The van der Waals surface area contributed by atoms with Crippen LogP contribution in [0.4, 0.5) is 0 Å². The van der Waals surface area contributed by atoms with E-state index in [2.05, 4.69) is 63.3 Å². The molecule has 0 bridgehead atoms. The quantitative estimate of drug-likeness (QED) is 0.385. The van der Waals surface area contributed by atoms with E-state index in [1.54, 1.807) is 7.11 Å². The van der Waals surface area contributed by atoms with Gasteiger partial charge in [0.05, 0.1) is 19.8 Å². The van der Waals surface area contributed by atoms with Crippen LogP contribution in [0, 0.1) is 5.92 Å². The topological polar surface area (TPSA) is 27.7 Å². The minimum atomic E-state index is -1.73. The van der Waals surface area contributed by atoms with E-state index < -0.39 is 8.32 Å². The SMILES string of the molecule is C=C(Br)[C@@H](C)[C@H](CCO[Si](C)(C)C(C)(C)C)OCc1ccc(OC)cc1. The van der Waals surface area contributed by atoms with Gasteiger partial charge in [0.25, 0.3) is 0 Å². The number of hydrogen-bond acceptors (Lipinski definition) is 3. The molecule has 0 aliphatic rings. The molecule has 1 aromatic rings. The fourth-order valence-corrected chi connectivity index (χ4v) is 3.61. The third-order valence-corrected chi connectivity index (χ3v) is 10.6. The van der Waals surface area contributed by atoms with E-state index in [1.807, 2.05) is 24.3 Å². The van der Waals surface area contributed by atoms with Crippen LogP contribution >= 0.6 is 15.9 Å². The van der Waals surface area contributed by atoms with Gasteiger partial charge in [-0.3, -0.25) is 0 Å². The number of halogens is 1. The molecule has 2 atom stereocenters. The van der Waals surface area contributed by atoms with Crippen molar-refractivity contribution >= 4 is 24.2 Å². The van der Waals surface area contributed by atoms with Crippen molar-refractivity contribution in [3.05, 3.63) is 40.9 Å². The number of benzene rings is 1. The Morgan fingerprint density at radius 1 is 1.19 bits per heavy atom. The van der Waals surface area contributed by atoms with Crippen molar-refractivity contribution < 1.29 is 13.9 Å². The second-order valence-electron chi connectivity index (χ2n) is 8.33. The Labute approximate surface area is 169 Å². The highest BCUT2D eigenvalue weighted by Gasteiger charge is 2.37. The van der Waals surface area contributed by atoms with Gasteiger partial charge in [0.2, 0.25) is 0 Å². The molecule has 0 N–H and O–H groups in total. The molecule has 0 amide bonds. The van der Waals surface area contributed by atoms with Crippen molar-refractivity contribution in [1.82, 2.24) is 0 Å². The molecule has 26 heavy (non-hydrogen) atoms. The van der Waals surface area contributed by atoms with E-state index in [9.17, 15) is 0 Å². The first-order chi connectivity index (χ1) is 12.0. The van der Waals surface area contributed by atoms with Gasteiger partial charge >= 0.3 is 0 Å². The Morgan fingerprint density at radius 2 is 1.77 bits per heavy atom. The van der Waals surface area contributed by atoms with Gasteiger partial charge in [-0.2, -0.15) is 0 Å². The van der Waals surface area contributed by atoms with Crippen molar-refractivity contribution in [2.45, 2.75) is 65.0 Å². The highest BCUT2D eigenvalue weighted by atomic mass is 79.9. The summed E-state index contributed by atoms with van der Waals surface area (Å²) >= 11 is 3.53. The zero-order valence-electron chi connectivity index (χ0n) is 17.4. The van der Waals surface area contributed by atoms with Crippen LogP contribution in [0.1, 0.15) is 39.7 Å². The molecule has 1 rings (SSSR count). The summed E-state index contributed by atoms with van der Waals surface area (Å²) in [6, 6.07) is 7.99. The van der Waals surface area contributed by atoms with E-state index in [0.29, 0.717) is 13.2 Å². The lowest BCUT2D eigenvalue weighted by Gasteiger charge is -2.36. The minimum Gasteiger partial charge on any atom is -0.497 e. The first-order valence-corrected chi connectivity index (χ1v) is 12.9. The van der Waals surface area contributed by atoms with Crippen molar-refractivity contribution in [3.63, 3.8) is 0 Å². The number of ether oxygens (including phenoxy) is 2.